The molecule has 0 unspecified atom stereocenters. The highest BCUT2D eigenvalue weighted by Crippen LogP contribution is 2.23. The van der Waals surface area contributed by atoms with Gasteiger partial charge in [-0.15, -0.1) is 0 Å². The van der Waals surface area contributed by atoms with Crippen LogP contribution < -0.4 is 5.56 Å². The van der Waals surface area contributed by atoms with Crippen molar-refractivity contribution < 1.29 is 9.18 Å². The van der Waals surface area contributed by atoms with Crippen LogP contribution in [0.15, 0.2) is 29.1 Å². The van der Waals surface area contributed by atoms with Gasteiger partial charge >= 0.3 is 0 Å². The van der Waals surface area contributed by atoms with Gasteiger partial charge < -0.3 is 14.9 Å². The van der Waals surface area contributed by atoms with E-state index in [1.807, 2.05) is 0 Å². The summed E-state index contributed by atoms with van der Waals surface area (Å²) in [5.74, 6) is 0.667. The Morgan fingerprint density at radius 3 is 2.82 bits per heavy atom. The largest absolute Gasteiger partial charge is 0.340 e. The van der Waals surface area contributed by atoms with Crippen molar-refractivity contribution in [3.63, 3.8) is 0 Å². The maximum atomic E-state index is 13.5. The number of rotatable bonds is 3. The normalized spacial score (nSPS) is 13.5. The molecule has 4 rings (SSSR count). The van der Waals surface area contributed by atoms with E-state index in [0.717, 1.165) is 11.4 Å². The number of nitrogens with one attached hydrogen (secondary N) is 2. The predicted molar refractivity (Wildman–Crippen MR) is 101 cm³/mol. The average Bonchev–Trinajstić information content (AvgIpc) is 3.08. The Labute approximate surface area is 160 Å². The number of fused-ring (bicyclic) bond motifs is 1. The molecule has 1 aliphatic rings. The van der Waals surface area contributed by atoms with Gasteiger partial charge in [0.25, 0.3) is 5.56 Å². The quantitative estimate of drug-likeness (QED) is 0.726. The van der Waals surface area contributed by atoms with Crippen LogP contribution in [0.2, 0.25) is 0 Å². The summed E-state index contributed by atoms with van der Waals surface area (Å²) in [7, 11) is 0. The molecule has 144 valence electrons. The minimum Gasteiger partial charge on any atom is -0.340 e. The molecular formula is C20H20FN5O2. The number of aryl methyl sites for hydroxylation is 2. The number of amides is 1. The molecule has 0 saturated carbocycles. The second-order valence-corrected chi connectivity index (χ2v) is 6.98. The van der Waals surface area contributed by atoms with Crippen LogP contribution in [-0.2, 0) is 24.2 Å². The lowest BCUT2D eigenvalue weighted by atomic mass is 10.1. The maximum absolute atomic E-state index is 13.5. The van der Waals surface area contributed by atoms with Crippen LogP contribution in [0.3, 0.4) is 0 Å². The summed E-state index contributed by atoms with van der Waals surface area (Å²) in [5.41, 5.74) is 3.08. The lowest BCUT2D eigenvalue weighted by Gasteiger charge is -2.26. The summed E-state index contributed by atoms with van der Waals surface area (Å²) in [6.45, 7) is 4.35. The Bertz CT molecular complexity index is 1120. The molecular weight excluding hydrogens is 361 g/mol. The average molecular weight is 381 g/mol. The van der Waals surface area contributed by atoms with E-state index in [4.69, 9.17) is 0 Å². The number of hydrogen-bond donors (Lipinski definition) is 2. The van der Waals surface area contributed by atoms with E-state index in [0.29, 0.717) is 48.0 Å². The molecule has 1 aromatic carbocycles. The van der Waals surface area contributed by atoms with E-state index >= 15 is 0 Å². The molecule has 28 heavy (non-hydrogen) atoms. The highest BCUT2D eigenvalue weighted by atomic mass is 19.1. The molecule has 2 N–H and O–H groups in total. The van der Waals surface area contributed by atoms with Crippen LogP contribution in [0.4, 0.5) is 4.39 Å². The Hall–Kier alpha value is -3.29. The number of benzene rings is 1. The Balaban J connectivity index is 1.53. The summed E-state index contributed by atoms with van der Waals surface area (Å²) in [6, 6.07) is 6.23. The van der Waals surface area contributed by atoms with Crippen molar-refractivity contribution in [2.75, 3.05) is 6.54 Å². The van der Waals surface area contributed by atoms with Gasteiger partial charge in [0.2, 0.25) is 5.91 Å². The number of hydrogen-bond acceptors (Lipinski definition) is 4. The molecule has 0 fully saturated rings. The van der Waals surface area contributed by atoms with Crippen molar-refractivity contribution in [2.24, 2.45) is 0 Å². The molecule has 0 atom stereocenters. The molecule has 0 spiro atoms. The van der Waals surface area contributed by atoms with Gasteiger partial charge in [-0.3, -0.25) is 9.59 Å². The number of carbonyl (C=O) groups excluding carboxylic acids is 1. The Kier molecular flexibility index (Phi) is 4.54. The molecule has 0 bridgehead atoms. The molecule has 2 aromatic heterocycles. The highest BCUT2D eigenvalue weighted by molar-refractivity contribution is 5.79. The maximum Gasteiger partial charge on any atom is 0.254 e. The SMILES string of the molecule is Cc1nc(C)c(CC(=O)N2CCc3nc(-c4cccc(F)c4)[nH]c3C2)c(=O)[nH]1. The summed E-state index contributed by atoms with van der Waals surface area (Å²) in [4.78, 5) is 41.2. The number of imidazole rings is 1. The van der Waals surface area contributed by atoms with Crippen LogP contribution >= 0.6 is 0 Å². The number of halogens is 1. The van der Waals surface area contributed by atoms with Crippen LogP contribution in [0, 0.1) is 19.7 Å². The van der Waals surface area contributed by atoms with Crippen LogP contribution in [-0.4, -0.2) is 37.3 Å². The zero-order valence-corrected chi connectivity index (χ0v) is 15.7. The second-order valence-electron chi connectivity index (χ2n) is 6.98. The van der Waals surface area contributed by atoms with Crippen molar-refractivity contribution in [2.45, 2.75) is 33.2 Å². The van der Waals surface area contributed by atoms with Gasteiger partial charge in [0, 0.05) is 29.8 Å². The standard InChI is InChI=1S/C20H20FN5O2/c1-11-15(20(28)23-12(2)22-11)9-18(27)26-7-6-16-17(10-26)25-19(24-16)13-4-3-5-14(21)8-13/h3-5,8H,6-7,9-10H2,1-2H3,(H,24,25)(H,22,23,28). The second kappa shape index (κ2) is 7.03. The molecule has 0 saturated heterocycles. The Morgan fingerprint density at radius 2 is 2.07 bits per heavy atom. The Morgan fingerprint density at radius 1 is 1.25 bits per heavy atom. The highest BCUT2D eigenvalue weighted by Gasteiger charge is 2.25. The summed E-state index contributed by atoms with van der Waals surface area (Å²) < 4.78 is 13.5. The van der Waals surface area contributed by atoms with E-state index in [9.17, 15) is 14.0 Å². The fraction of sp³-hybridized carbons (Fsp3) is 0.300. The zero-order chi connectivity index (χ0) is 19.8. The molecule has 3 aromatic rings. The third-order valence-electron chi connectivity index (χ3n) is 4.95. The van der Waals surface area contributed by atoms with Gasteiger partial charge in [0.1, 0.15) is 17.5 Å². The number of aromatic nitrogens is 4. The lowest BCUT2D eigenvalue weighted by Crippen LogP contribution is -2.38. The van der Waals surface area contributed by atoms with Crippen molar-refractivity contribution in [3.8, 4) is 11.4 Å². The van der Waals surface area contributed by atoms with E-state index in [1.54, 1.807) is 30.9 Å². The van der Waals surface area contributed by atoms with Gasteiger partial charge in [-0.2, -0.15) is 0 Å². The minimum atomic E-state index is -0.323. The number of nitrogens with zero attached hydrogens (tertiary/aromatic N) is 3. The van der Waals surface area contributed by atoms with Gasteiger partial charge in [-0.05, 0) is 26.0 Å². The topological polar surface area (TPSA) is 94.7 Å². The summed E-state index contributed by atoms with van der Waals surface area (Å²) in [6.07, 6.45) is 0.614. The van der Waals surface area contributed by atoms with E-state index in [2.05, 4.69) is 19.9 Å². The molecule has 3 heterocycles. The van der Waals surface area contributed by atoms with Crippen LogP contribution in [0.25, 0.3) is 11.4 Å². The fourth-order valence-corrected chi connectivity index (χ4v) is 3.50. The predicted octanol–water partition coefficient (Wildman–Crippen LogP) is 2.04. The molecule has 7 nitrogen and oxygen atoms in total. The van der Waals surface area contributed by atoms with Gasteiger partial charge in [-0.1, -0.05) is 12.1 Å². The van der Waals surface area contributed by atoms with E-state index in [1.165, 1.54) is 12.1 Å². The molecule has 1 amide bonds. The molecule has 8 heteroatoms. The minimum absolute atomic E-state index is 0.00860. The van der Waals surface area contributed by atoms with Crippen LogP contribution in [0.1, 0.15) is 28.5 Å². The van der Waals surface area contributed by atoms with Crippen molar-refractivity contribution in [3.05, 3.63) is 68.9 Å². The molecule has 0 radical (unpaired) electrons. The molecule has 0 aliphatic carbocycles. The van der Waals surface area contributed by atoms with Crippen molar-refractivity contribution in [1.29, 1.82) is 0 Å². The lowest BCUT2D eigenvalue weighted by molar-refractivity contribution is -0.131. The number of aromatic amines is 2. The first kappa shape index (κ1) is 18.1. The molecule has 1 aliphatic heterocycles. The van der Waals surface area contributed by atoms with E-state index in [-0.39, 0.29) is 23.7 Å². The van der Waals surface area contributed by atoms with Crippen molar-refractivity contribution in [1.82, 2.24) is 24.8 Å². The smallest absolute Gasteiger partial charge is 0.254 e. The monoisotopic (exact) mass is 381 g/mol. The summed E-state index contributed by atoms with van der Waals surface area (Å²) in [5, 5.41) is 0. The fourth-order valence-electron chi connectivity index (χ4n) is 3.50. The van der Waals surface area contributed by atoms with Crippen molar-refractivity contribution >= 4 is 5.91 Å². The number of H-pyrrole nitrogens is 2. The third-order valence-corrected chi connectivity index (χ3v) is 4.95. The van der Waals surface area contributed by atoms with Crippen LogP contribution in [0.5, 0.6) is 0 Å². The first-order valence-electron chi connectivity index (χ1n) is 9.08. The first-order valence-corrected chi connectivity index (χ1v) is 9.08. The van der Waals surface area contributed by atoms with Gasteiger partial charge in [0.15, 0.2) is 0 Å². The zero-order valence-electron chi connectivity index (χ0n) is 15.7. The summed E-state index contributed by atoms with van der Waals surface area (Å²) >= 11 is 0. The third kappa shape index (κ3) is 3.45. The number of carbonyl (C=O) groups is 1. The first-order chi connectivity index (χ1) is 13.4. The van der Waals surface area contributed by atoms with E-state index < -0.39 is 0 Å². The van der Waals surface area contributed by atoms with Gasteiger partial charge in [-0.25, -0.2) is 14.4 Å². The van der Waals surface area contributed by atoms with Gasteiger partial charge in [0.05, 0.1) is 24.4 Å².